The zero-order valence-corrected chi connectivity index (χ0v) is 9.73. The number of hydrogen-bond donors (Lipinski definition) is 2. The molecule has 1 aromatic carbocycles. The van der Waals surface area contributed by atoms with Crippen LogP contribution in [0.1, 0.15) is 12.5 Å². The van der Waals surface area contributed by atoms with E-state index in [1.807, 2.05) is 5.43 Å². The number of nitrogens with one attached hydrogen (secondary N) is 1. The van der Waals surface area contributed by atoms with Crippen LogP contribution in [0, 0.1) is 5.82 Å². The zero-order chi connectivity index (χ0) is 12.3. The van der Waals surface area contributed by atoms with Crippen LogP contribution in [0.5, 0.6) is 0 Å². The first-order valence-electron chi connectivity index (χ1n) is 4.17. The summed E-state index contributed by atoms with van der Waals surface area (Å²) in [4.78, 5) is 10.4. The second kappa shape index (κ2) is 5.14. The number of amides is 2. The number of nitrogens with zero attached hydrogens (tertiary/aromatic N) is 1. The maximum absolute atomic E-state index is 13.2. The van der Waals surface area contributed by atoms with Crippen LogP contribution in [0.15, 0.2) is 17.2 Å². The lowest BCUT2D eigenvalue weighted by molar-refractivity contribution is 0.249. The summed E-state index contributed by atoms with van der Waals surface area (Å²) < 4.78 is 13.2. The van der Waals surface area contributed by atoms with E-state index < -0.39 is 11.8 Å². The van der Waals surface area contributed by atoms with Gasteiger partial charge in [-0.15, -0.1) is 0 Å². The fourth-order valence-electron chi connectivity index (χ4n) is 1.05. The summed E-state index contributed by atoms with van der Waals surface area (Å²) in [6.07, 6.45) is 0. The Labute approximate surface area is 101 Å². The minimum atomic E-state index is -0.831. The van der Waals surface area contributed by atoms with Gasteiger partial charge in [0.05, 0.1) is 15.8 Å². The molecular weight excluding hydrogens is 256 g/mol. The van der Waals surface area contributed by atoms with Crippen LogP contribution in [0.25, 0.3) is 0 Å². The number of carbonyl (C=O) groups is 1. The van der Waals surface area contributed by atoms with Gasteiger partial charge in [0.2, 0.25) is 0 Å². The average Bonchev–Trinajstić information content (AvgIpc) is 2.21. The molecule has 7 heteroatoms. The number of carbonyl (C=O) groups excluding carboxylic acids is 1. The van der Waals surface area contributed by atoms with E-state index in [0.717, 1.165) is 6.07 Å². The van der Waals surface area contributed by atoms with E-state index in [1.54, 1.807) is 0 Å². The second-order valence-corrected chi connectivity index (χ2v) is 3.68. The highest BCUT2D eigenvalue weighted by atomic mass is 35.5. The molecule has 0 saturated heterocycles. The molecule has 3 N–H and O–H groups in total. The highest BCUT2D eigenvalue weighted by Gasteiger charge is 2.13. The fourth-order valence-corrected chi connectivity index (χ4v) is 1.70. The predicted molar refractivity (Wildman–Crippen MR) is 61.4 cm³/mol. The van der Waals surface area contributed by atoms with Gasteiger partial charge in [-0.3, -0.25) is 0 Å². The third-order valence-corrected chi connectivity index (χ3v) is 2.42. The van der Waals surface area contributed by atoms with Gasteiger partial charge in [0.1, 0.15) is 5.82 Å². The van der Waals surface area contributed by atoms with Gasteiger partial charge >= 0.3 is 6.03 Å². The van der Waals surface area contributed by atoms with Crippen LogP contribution in [0.4, 0.5) is 9.18 Å². The number of rotatable bonds is 2. The van der Waals surface area contributed by atoms with Crippen LogP contribution < -0.4 is 11.2 Å². The van der Waals surface area contributed by atoms with Gasteiger partial charge in [0.25, 0.3) is 0 Å². The van der Waals surface area contributed by atoms with Crippen molar-refractivity contribution in [2.24, 2.45) is 10.8 Å². The Morgan fingerprint density at radius 1 is 1.50 bits per heavy atom. The Morgan fingerprint density at radius 3 is 2.69 bits per heavy atom. The van der Waals surface area contributed by atoms with Gasteiger partial charge in [-0.05, 0) is 19.1 Å². The van der Waals surface area contributed by atoms with Crippen LogP contribution in [0.3, 0.4) is 0 Å². The summed E-state index contributed by atoms with van der Waals surface area (Å²) in [7, 11) is 0. The maximum Gasteiger partial charge on any atom is 0.332 e. The third kappa shape index (κ3) is 2.84. The lowest BCUT2D eigenvalue weighted by Crippen LogP contribution is -2.25. The molecule has 0 spiro atoms. The first kappa shape index (κ1) is 12.7. The van der Waals surface area contributed by atoms with Gasteiger partial charge in [-0.1, -0.05) is 23.2 Å². The predicted octanol–water partition coefficient (Wildman–Crippen LogP) is 2.52. The normalized spacial score (nSPS) is 11.4. The van der Waals surface area contributed by atoms with Gasteiger partial charge in [0, 0.05) is 5.56 Å². The Hall–Kier alpha value is -1.33. The molecule has 0 atom stereocenters. The van der Waals surface area contributed by atoms with E-state index in [4.69, 9.17) is 28.9 Å². The van der Waals surface area contributed by atoms with Crippen molar-refractivity contribution in [3.05, 3.63) is 33.6 Å². The van der Waals surface area contributed by atoms with Gasteiger partial charge in [-0.2, -0.15) is 5.10 Å². The monoisotopic (exact) mass is 263 g/mol. The molecule has 0 aliphatic rings. The number of hydrazone groups is 1. The SMILES string of the molecule is C/C(=N/NC(N)=O)c1c(Cl)ccc(F)c1Cl. The number of primary amides is 1. The largest absolute Gasteiger partial charge is 0.350 e. The smallest absolute Gasteiger partial charge is 0.332 e. The molecule has 0 heterocycles. The molecular formula is C9H8Cl2FN3O. The molecule has 86 valence electrons. The summed E-state index contributed by atoms with van der Waals surface area (Å²) in [5.41, 5.74) is 7.31. The molecule has 0 aliphatic carbocycles. The molecule has 0 aromatic heterocycles. The minimum absolute atomic E-state index is 0.153. The summed E-state index contributed by atoms with van der Waals surface area (Å²) in [5.74, 6) is -0.616. The molecule has 4 nitrogen and oxygen atoms in total. The van der Waals surface area contributed by atoms with Gasteiger partial charge < -0.3 is 5.73 Å². The Balaban J connectivity index is 3.17. The lowest BCUT2D eigenvalue weighted by atomic mass is 10.1. The van der Waals surface area contributed by atoms with Crippen molar-refractivity contribution in [1.82, 2.24) is 5.43 Å². The third-order valence-electron chi connectivity index (χ3n) is 1.74. The number of hydrogen-bond acceptors (Lipinski definition) is 2. The van der Waals surface area contributed by atoms with E-state index in [2.05, 4.69) is 5.10 Å². The Kier molecular flexibility index (Phi) is 4.09. The second-order valence-electron chi connectivity index (χ2n) is 2.89. The van der Waals surface area contributed by atoms with Crippen molar-refractivity contribution in [3.8, 4) is 0 Å². The number of benzene rings is 1. The molecule has 0 aliphatic heterocycles. The molecule has 0 radical (unpaired) electrons. The van der Waals surface area contributed by atoms with Crippen molar-refractivity contribution < 1.29 is 9.18 Å². The van der Waals surface area contributed by atoms with E-state index in [1.165, 1.54) is 13.0 Å². The summed E-state index contributed by atoms with van der Waals surface area (Å²) in [5, 5.41) is 3.70. The average molecular weight is 264 g/mol. The van der Waals surface area contributed by atoms with E-state index in [-0.39, 0.29) is 21.3 Å². The molecule has 1 aromatic rings. The quantitative estimate of drug-likeness (QED) is 0.481. The van der Waals surface area contributed by atoms with Crippen molar-refractivity contribution in [2.75, 3.05) is 0 Å². The molecule has 2 amide bonds. The van der Waals surface area contributed by atoms with Crippen LogP contribution in [-0.2, 0) is 0 Å². The van der Waals surface area contributed by atoms with Crippen molar-refractivity contribution in [3.63, 3.8) is 0 Å². The van der Waals surface area contributed by atoms with E-state index in [9.17, 15) is 9.18 Å². The van der Waals surface area contributed by atoms with Gasteiger partial charge in [-0.25, -0.2) is 14.6 Å². The summed E-state index contributed by atoms with van der Waals surface area (Å²) in [6, 6.07) is 1.66. The first-order chi connectivity index (χ1) is 7.43. The molecule has 0 bridgehead atoms. The number of halogens is 3. The van der Waals surface area contributed by atoms with Crippen molar-refractivity contribution in [2.45, 2.75) is 6.92 Å². The molecule has 16 heavy (non-hydrogen) atoms. The lowest BCUT2D eigenvalue weighted by Gasteiger charge is -2.07. The van der Waals surface area contributed by atoms with Crippen LogP contribution in [0.2, 0.25) is 10.0 Å². The van der Waals surface area contributed by atoms with Crippen LogP contribution in [-0.4, -0.2) is 11.7 Å². The molecule has 0 saturated carbocycles. The summed E-state index contributed by atoms with van der Waals surface area (Å²) >= 11 is 11.6. The number of nitrogens with two attached hydrogens (primary N) is 1. The standard InChI is InChI=1S/C9H8Cl2FN3O/c1-4(14-15-9(13)16)7-5(10)2-3-6(12)8(7)11/h2-3H,1H3,(H3,13,15,16)/b14-4-. The van der Waals surface area contributed by atoms with E-state index >= 15 is 0 Å². The zero-order valence-electron chi connectivity index (χ0n) is 8.22. The topological polar surface area (TPSA) is 67.5 Å². The van der Waals surface area contributed by atoms with E-state index in [0.29, 0.717) is 0 Å². The van der Waals surface area contributed by atoms with Crippen LogP contribution >= 0.6 is 23.2 Å². The Morgan fingerprint density at radius 2 is 2.12 bits per heavy atom. The Bertz CT molecular complexity index is 462. The fraction of sp³-hybridized carbons (Fsp3) is 0.111. The first-order valence-corrected chi connectivity index (χ1v) is 4.92. The highest BCUT2D eigenvalue weighted by molar-refractivity contribution is 6.40. The molecule has 0 fully saturated rings. The maximum atomic E-state index is 13.2. The van der Waals surface area contributed by atoms with Crippen molar-refractivity contribution in [1.29, 1.82) is 0 Å². The molecule has 1 rings (SSSR count). The summed E-state index contributed by atoms with van der Waals surface area (Å²) in [6.45, 7) is 1.52. The highest BCUT2D eigenvalue weighted by Crippen LogP contribution is 2.27. The van der Waals surface area contributed by atoms with Gasteiger partial charge in [0.15, 0.2) is 0 Å². The number of urea groups is 1. The minimum Gasteiger partial charge on any atom is -0.350 e. The van der Waals surface area contributed by atoms with Crippen molar-refractivity contribution >= 4 is 34.9 Å². The molecule has 0 unspecified atom stereocenters.